The molecule has 7 rings (SSSR count). The third kappa shape index (κ3) is 5.79. The average molecular weight is 667 g/mol. The molecule has 0 unspecified atom stereocenters. The molecular formula is C36H36F2N8O3. The Balaban J connectivity index is 1.33. The Hall–Kier alpha value is -5.59. The first-order valence-corrected chi connectivity index (χ1v) is 16.3. The van der Waals surface area contributed by atoms with Crippen molar-refractivity contribution in [2.45, 2.75) is 59.2 Å². The highest BCUT2D eigenvalue weighted by Crippen LogP contribution is 2.40. The van der Waals surface area contributed by atoms with Crippen molar-refractivity contribution in [1.82, 2.24) is 30.2 Å². The van der Waals surface area contributed by atoms with Crippen molar-refractivity contribution in [2.75, 3.05) is 22.9 Å². The van der Waals surface area contributed by atoms with Gasteiger partial charge in [0, 0.05) is 41.9 Å². The van der Waals surface area contributed by atoms with E-state index in [4.69, 9.17) is 9.97 Å². The lowest BCUT2D eigenvalue weighted by molar-refractivity contribution is 0.0943. The number of imidazole rings is 1. The number of hydrogen-bond donors (Lipinski definition) is 3. The van der Waals surface area contributed by atoms with Gasteiger partial charge in [0.25, 0.3) is 5.91 Å². The predicted molar refractivity (Wildman–Crippen MR) is 183 cm³/mol. The molecule has 2 aliphatic rings. The number of hydrogen-bond acceptors (Lipinski definition) is 6. The number of nitrogens with one attached hydrogen (secondary N) is 3. The molecule has 3 N–H and O–H groups in total. The Morgan fingerprint density at radius 3 is 2.43 bits per heavy atom. The van der Waals surface area contributed by atoms with Crippen LogP contribution in [0.15, 0.2) is 59.4 Å². The molecular weight excluding hydrogens is 630 g/mol. The minimum atomic E-state index is -0.923. The van der Waals surface area contributed by atoms with Crippen LogP contribution in [0, 0.1) is 25.5 Å². The largest absolute Gasteiger partial charge is 0.350 e. The number of anilines is 3. The van der Waals surface area contributed by atoms with Crippen molar-refractivity contribution in [3.05, 3.63) is 99.0 Å². The molecule has 0 atom stereocenters. The van der Waals surface area contributed by atoms with Gasteiger partial charge in [0.15, 0.2) is 5.82 Å². The highest BCUT2D eigenvalue weighted by molar-refractivity contribution is 6.02. The van der Waals surface area contributed by atoms with E-state index in [1.54, 1.807) is 16.7 Å². The van der Waals surface area contributed by atoms with Crippen LogP contribution in [0.3, 0.4) is 0 Å². The van der Waals surface area contributed by atoms with Crippen LogP contribution in [0.4, 0.5) is 31.0 Å². The van der Waals surface area contributed by atoms with Gasteiger partial charge in [0.05, 0.1) is 23.3 Å². The molecule has 0 spiro atoms. The van der Waals surface area contributed by atoms with Crippen LogP contribution < -0.4 is 26.1 Å². The van der Waals surface area contributed by atoms with E-state index < -0.39 is 23.4 Å². The zero-order valence-corrected chi connectivity index (χ0v) is 27.6. The number of benzene rings is 3. The van der Waals surface area contributed by atoms with Gasteiger partial charge in [-0.25, -0.2) is 28.3 Å². The number of nitrogens with zero attached hydrogens (tertiary/aromatic N) is 5. The Labute approximate surface area is 281 Å². The van der Waals surface area contributed by atoms with Gasteiger partial charge < -0.3 is 20.5 Å². The summed E-state index contributed by atoms with van der Waals surface area (Å²) in [5.74, 6) is -1.79. The fourth-order valence-electron chi connectivity index (χ4n) is 6.72. The van der Waals surface area contributed by atoms with Crippen LogP contribution in [0.25, 0.3) is 22.3 Å². The van der Waals surface area contributed by atoms with E-state index in [-0.39, 0.29) is 42.0 Å². The van der Waals surface area contributed by atoms with Crippen LogP contribution in [0.1, 0.15) is 59.8 Å². The van der Waals surface area contributed by atoms with E-state index in [1.165, 1.54) is 6.07 Å². The van der Waals surface area contributed by atoms with Crippen molar-refractivity contribution in [3.8, 4) is 11.3 Å². The number of aromatic nitrogens is 4. The van der Waals surface area contributed by atoms with Crippen molar-refractivity contribution < 1.29 is 18.4 Å². The molecule has 252 valence electrons. The normalized spacial score (nSPS) is 15.1. The molecule has 0 saturated carbocycles. The monoisotopic (exact) mass is 666 g/mol. The first kappa shape index (κ1) is 32.0. The Morgan fingerprint density at radius 1 is 0.980 bits per heavy atom. The summed E-state index contributed by atoms with van der Waals surface area (Å²) >= 11 is 0. The lowest BCUT2D eigenvalue weighted by Crippen LogP contribution is -2.44. The number of carbonyl (C=O) groups is 2. The van der Waals surface area contributed by atoms with Crippen LogP contribution in [-0.4, -0.2) is 50.6 Å². The van der Waals surface area contributed by atoms with Gasteiger partial charge in [-0.3, -0.25) is 9.36 Å². The maximum atomic E-state index is 15.2. The summed E-state index contributed by atoms with van der Waals surface area (Å²) in [5.41, 5.74) is 4.69. The van der Waals surface area contributed by atoms with Crippen molar-refractivity contribution in [2.24, 2.45) is 0 Å². The number of halogens is 2. The highest BCUT2D eigenvalue weighted by Gasteiger charge is 2.35. The summed E-state index contributed by atoms with van der Waals surface area (Å²) in [5, 5.41) is 5.63. The number of H-pyrrole nitrogens is 1. The van der Waals surface area contributed by atoms with Gasteiger partial charge in [-0.2, -0.15) is 4.98 Å². The molecule has 1 saturated heterocycles. The molecule has 0 radical (unpaired) electrons. The quantitative estimate of drug-likeness (QED) is 0.203. The topological polar surface area (TPSA) is 128 Å². The second-order valence-corrected chi connectivity index (χ2v) is 12.9. The Kier molecular flexibility index (Phi) is 8.13. The predicted octanol–water partition coefficient (Wildman–Crippen LogP) is 6.02. The zero-order valence-electron chi connectivity index (χ0n) is 27.6. The number of piperidine rings is 1. The minimum Gasteiger partial charge on any atom is -0.350 e. The number of aryl methyl sites for hydroxylation is 2. The van der Waals surface area contributed by atoms with Gasteiger partial charge >= 0.3 is 11.7 Å². The van der Waals surface area contributed by atoms with E-state index in [9.17, 15) is 14.4 Å². The summed E-state index contributed by atoms with van der Waals surface area (Å²) < 4.78 is 32.3. The second-order valence-electron chi connectivity index (χ2n) is 12.9. The first-order chi connectivity index (χ1) is 23.5. The number of aromatic amines is 1. The lowest BCUT2D eigenvalue weighted by Gasteiger charge is -2.35. The number of para-hydroxylation sites is 1. The van der Waals surface area contributed by atoms with Crippen LogP contribution >= 0.6 is 0 Å². The summed E-state index contributed by atoms with van der Waals surface area (Å²) in [6, 6.07) is 13.7. The zero-order chi connectivity index (χ0) is 34.6. The minimum absolute atomic E-state index is 0.00321. The van der Waals surface area contributed by atoms with Crippen molar-refractivity contribution in [1.29, 1.82) is 0 Å². The Bertz CT molecular complexity index is 2170. The summed E-state index contributed by atoms with van der Waals surface area (Å²) in [6.45, 7) is 8.56. The summed E-state index contributed by atoms with van der Waals surface area (Å²) in [4.78, 5) is 55.1. The number of urea groups is 1. The molecule has 2 aliphatic heterocycles. The highest BCUT2D eigenvalue weighted by atomic mass is 19.1. The van der Waals surface area contributed by atoms with Crippen LogP contribution in [0.5, 0.6) is 0 Å². The van der Waals surface area contributed by atoms with Gasteiger partial charge in [0.1, 0.15) is 17.3 Å². The number of carbonyl (C=O) groups excluding carboxylic acids is 2. The first-order valence-electron chi connectivity index (χ1n) is 16.3. The standard InChI is InChI=1S/C36H36F2N8O3/c1-19(2)40-33(47)22-10-9-21(4)24(17-22)30-25-18-39-35(48)46(31-26(37)6-5-7-27(31)38)32(25)43-34(42-30)44-14-12-23(13-15-44)45-29-11-8-20(3)16-28(29)41-36(45)49/h5-11,16-17,19,23H,12-15,18H2,1-4H3,(H,39,48)(H,40,47)(H,41,49). The van der Waals surface area contributed by atoms with Crippen LogP contribution in [0.2, 0.25) is 0 Å². The second kappa shape index (κ2) is 12.5. The molecule has 1 fully saturated rings. The van der Waals surface area contributed by atoms with E-state index in [1.807, 2.05) is 56.9 Å². The summed E-state index contributed by atoms with van der Waals surface area (Å²) in [6.07, 6.45) is 1.21. The molecule has 0 aliphatic carbocycles. The van der Waals surface area contributed by atoms with Gasteiger partial charge in [0.2, 0.25) is 5.95 Å². The molecule has 5 aromatic rings. The van der Waals surface area contributed by atoms with E-state index >= 15 is 8.78 Å². The Morgan fingerprint density at radius 2 is 1.71 bits per heavy atom. The smallest absolute Gasteiger partial charge is 0.328 e. The summed E-state index contributed by atoms with van der Waals surface area (Å²) in [7, 11) is 0. The number of fused-ring (bicyclic) bond motifs is 2. The van der Waals surface area contributed by atoms with Crippen molar-refractivity contribution >= 4 is 40.4 Å². The fourth-order valence-corrected chi connectivity index (χ4v) is 6.72. The molecule has 3 amide bonds. The van der Waals surface area contributed by atoms with Crippen molar-refractivity contribution in [3.63, 3.8) is 0 Å². The third-order valence-corrected chi connectivity index (χ3v) is 9.13. The molecule has 0 bridgehead atoms. The number of rotatable bonds is 6. The van der Waals surface area contributed by atoms with E-state index in [0.717, 1.165) is 39.2 Å². The van der Waals surface area contributed by atoms with E-state index in [0.29, 0.717) is 48.3 Å². The van der Waals surface area contributed by atoms with Gasteiger partial charge in [-0.1, -0.05) is 18.2 Å². The third-order valence-electron chi connectivity index (χ3n) is 9.13. The molecule has 2 aromatic heterocycles. The maximum absolute atomic E-state index is 15.2. The number of amides is 3. The molecule has 3 aromatic carbocycles. The maximum Gasteiger partial charge on any atom is 0.328 e. The molecule has 4 heterocycles. The van der Waals surface area contributed by atoms with Gasteiger partial charge in [-0.05, 0) is 88.1 Å². The van der Waals surface area contributed by atoms with Crippen LogP contribution in [-0.2, 0) is 6.54 Å². The SMILES string of the molecule is Cc1ccc2c(c1)[nH]c(=O)n2C1CCN(c2nc(-c3cc(C(=O)NC(C)C)ccc3C)c3c(n2)N(c2c(F)cccc2F)C(=O)NC3)CC1. The molecule has 49 heavy (non-hydrogen) atoms. The average Bonchev–Trinajstić information content (AvgIpc) is 3.39. The van der Waals surface area contributed by atoms with Gasteiger partial charge in [-0.15, -0.1) is 0 Å². The lowest BCUT2D eigenvalue weighted by atomic mass is 9.97. The fraction of sp³-hybridized carbons (Fsp3) is 0.306. The molecule has 13 heteroatoms. The molecule has 11 nitrogen and oxygen atoms in total. The van der Waals surface area contributed by atoms with E-state index in [2.05, 4.69) is 15.6 Å².